The Morgan fingerprint density at radius 3 is 2.47 bits per heavy atom. The van der Waals surface area contributed by atoms with E-state index in [2.05, 4.69) is 0 Å². The zero-order valence-corrected chi connectivity index (χ0v) is 8.64. The minimum absolute atomic E-state index is 0.00539. The van der Waals surface area contributed by atoms with Crippen molar-refractivity contribution in [3.8, 4) is 6.07 Å². The molecule has 0 aromatic heterocycles. The van der Waals surface area contributed by atoms with Crippen LogP contribution < -0.4 is 0 Å². The van der Waals surface area contributed by atoms with Gasteiger partial charge in [-0.25, -0.2) is 12.8 Å². The molecule has 4 nitrogen and oxygen atoms in total. The summed E-state index contributed by atoms with van der Waals surface area (Å²) in [4.78, 5) is 9.85. The molecule has 1 rings (SSSR count). The first-order chi connectivity index (χ1) is 6.91. The molecule has 0 spiro atoms. The van der Waals surface area contributed by atoms with Gasteiger partial charge in [0.2, 0.25) is 0 Å². The van der Waals surface area contributed by atoms with Gasteiger partial charge in [0.15, 0.2) is 12.1 Å². The highest BCUT2D eigenvalue weighted by atomic mass is 35.7. The highest BCUT2D eigenvalue weighted by Crippen LogP contribution is 2.23. The molecule has 15 heavy (non-hydrogen) atoms. The topological polar surface area (TPSA) is 75.0 Å². The predicted octanol–water partition coefficient (Wildman–Crippen LogP) is 1.44. The van der Waals surface area contributed by atoms with E-state index in [9.17, 15) is 17.6 Å². The van der Waals surface area contributed by atoms with E-state index in [0.29, 0.717) is 0 Å². The summed E-state index contributed by atoms with van der Waals surface area (Å²) in [6.07, 6.45) is 0.00539. The summed E-state index contributed by atoms with van der Waals surface area (Å²) < 4.78 is 35.1. The highest BCUT2D eigenvalue weighted by molar-refractivity contribution is 8.13. The molecule has 0 heterocycles. The van der Waals surface area contributed by atoms with Gasteiger partial charge in [-0.15, -0.1) is 0 Å². The van der Waals surface area contributed by atoms with Crippen LogP contribution >= 0.6 is 10.7 Å². The van der Waals surface area contributed by atoms with Gasteiger partial charge >= 0.3 is 0 Å². The van der Waals surface area contributed by atoms with Gasteiger partial charge in [-0.3, -0.25) is 4.79 Å². The summed E-state index contributed by atoms with van der Waals surface area (Å²) >= 11 is 0. The normalized spacial score (nSPS) is 10.7. The van der Waals surface area contributed by atoms with Crippen LogP contribution in [0.15, 0.2) is 17.0 Å². The summed E-state index contributed by atoms with van der Waals surface area (Å²) in [5, 5.41) is 8.44. The number of nitrogens with zero attached hydrogens (tertiary/aromatic N) is 1. The third-order valence-corrected chi connectivity index (χ3v) is 3.02. The van der Waals surface area contributed by atoms with E-state index in [0.717, 1.165) is 12.1 Å². The third kappa shape index (κ3) is 2.14. The Balaban J connectivity index is 3.68. The number of hydrogen-bond donors (Lipinski definition) is 0. The number of halogens is 2. The smallest absolute Gasteiger partial charge is 0.262 e. The maximum absolute atomic E-state index is 13.3. The van der Waals surface area contributed by atoms with Crippen LogP contribution in [0.25, 0.3) is 0 Å². The Kier molecular flexibility index (Phi) is 3.07. The average Bonchev–Trinajstić information content (AvgIpc) is 2.15. The fourth-order valence-electron chi connectivity index (χ4n) is 0.984. The standard InChI is InChI=1S/C8H3ClFNO3S/c9-15(13,14)7-2-1-5(3-11)8(10)6(7)4-12/h1-2,4H. The van der Waals surface area contributed by atoms with E-state index in [1.165, 1.54) is 6.07 Å². The molecule has 0 saturated carbocycles. The minimum Gasteiger partial charge on any atom is -0.298 e. The predicted molar refractivity (Wildman–Crippen MR) is 49.5 cm³/mol. The lowest BCUT2D eigenvalue weighted by Gasteiger charge is -2.02. The maximum atomic E-state index is 13.3. The van der Waals surface area contributed by atoms with Crippen LogP contribution in [0.1, 0.15) is 15.9 Å². The second-order valence-corrected chi connectivity index (χ2v) is 5.04. The summed E-state index contributed by atoms with van der Waals surface area (Å²) in [7, 11) is 0.772. The Morgan fingerprint density at radius 1 is 1.47 bits per heavy atom. The van der Waals surface area contributed by atoms with Gasteiger partial charge in [0.1, 0.15) is 6.07 Å². The van der Waals surface area contributed by atoms with E-state index in [-0.39, 0.29) is 6.29 Å². The summed E-state index contributed by atoms with van der Waals surface area (Å²) in [5.41, 5.74) is -1.15. The van der Waals surface area contributed by atoms with Gasteiger partial charge in [-0.2, -0.15) is 5.26 Å². The lowest BCUT2D eigenvalue weighted by Crippen LogP contribution is -2.02. The van der Waals surface area contributed by atoms with Crippen LogP contribution in [0.5, 0.6) is 0 Å². The Morgan fingerprint density at radius 2 is 2.07 bits per heavy atom. The van der Waals surface area contributed by atoms with Crippen molar-refractivity contribution in [1.29, 1.82) is 5.26 Å². The summed E-state index contributed by atoms with van der Waals surface area (Å²) in [6.45, 7) is 0. The molecule has 0 amide bonds. The van der Waals surface area contributed by atoms with Crippen LogP contribution in [0.3, 0.4) is 0 Å². The quantitative estimate of drug-likeness (QED) is 0.585. The molecule has 0 aliphatic heterocycles. The first-order valence-corrected chi connectivity index (χ1v) is 5.85. The largest absolute Gasteiger partial charge is 0.298 e. The van der Waals surface area contributed by atoms with E-state index in [1.54, 1.807) is 0 Å². The maximum Gasteiger partial charge on any atom is 0.262 e. The van der Waals surface area contributed by atoms with Gasteiger partial charge < -0.3 is 0 Å². The first kappa shape index (κ1) is 11.6. The van der Waals surface area contributed by atoms with Crippen LogP contribution in [0.4, 0.5) is 4.39 Å². The molecule has 1 aromatic carbocycles. The van der Waals surface area contributed by atoms with Gasteiger partial charge in [0.05, 0.1) is 16.0 Å². The van der Waals surface area contributed by atoms with Crippen molar-refractivity contribution in [2.75, 3.05) is 0 Å². The number of carbonyl (C=O) groups excluding carboxylic acids is 1. The number of rotatable bonds is 2. The van der Waals surface area contributed by atoms with Crippen molar-refractivity contribution in [2.24, 2.45) is 0 Å². The molecule has 7 heteroatoms. The second-order valence-electron chi connectivity index (χ2n) is 2.51. The van der Waals surface area contributed by atoms with Crippen molar-refractivity contribution in [2.45, 2.75) is 4.90 Å². The molecule has 0 N–H and O–H groups in total. The first-order valence-electron chi connectivity index (χ1n) is 3.54. The van der Waals surface area contributed by atoms with E-state index in [4.69, 9.17) is 15.9 Å². The van der Waals surface area contributed by atoms with Crippen molar-refractivity contribution in [3.05, 3.63) is 29.1 Å². The van der Waals surface area contributed by atoms with Crippen molar-refractivity contribution in [3.63, 3.8) is 0 Å². The summed E-state index contributed by atoms with van der Waals surface area (Å²) in [5.74, 6) is -1.19. The fourth-order valence-corrected chi connectivity index (χ4v) is 2.02. The molecule has 0 atom stereocenters. The Hall–Kier alpha value is -1.45. The van der Waals surface area contributed by atoms with Crippen molar-refractivity contribution < 1.29 is 17.6 Å². The molecular formula is C8H3ClFNO3S. The second kappa shape index (κ2) is 3.96. The molecule has 0 aliphatic rings. The number of benzene rings is 1. The number of hydrogen-bond acceptors (Lipinski definition) is 4. The lowest BCUT2D eigenvalue weighted by atomic mass is 10.1. The highest BCUT2D eigenvalue weighted by Gasteiger charge is 2.20. The lowest BCUT2D eigenvalue weighted by molar-refractivity contribution is 0.111. The van der Waals surface area contributed by atoms with Crippen molar-refractivity contribution in [1.82, 2.24) is 0 Å². The van der Waals surface area contributed by atoms with E-state index < -0.39 is 30.9 Å². The zero-order valence-electron chi connectivity index (χ0n) is 7.07. The van der Waals surface area contributed by atoms with Gasteiger partial charge in [-0.05, 0) is 12.1 Å². The fraction of sp³-hybridized carbons (Fsp3) is 0. The number of carbonyl (C=O) groups is 1. The molecule has 1 aromatic rings. The van der Waals surface area contributed by atoms with Gasteiger partial charge in [-0.1, -0.05) is 0 Å². The van der Waals surface area contributed by atoms with Gasteiger partial charge in [0.25, 0.3) is 9.05 Å². The van der Waals surface area contributed by atoms with E-state index in [1.807, 2.05) is 0 Å². The van der Waals surface area contributed by atoms with Crippen LogP contribution in [-0.2, 0) is 9.05 Å². The average molecular weight is 248 g/mol. The van der Waals surface area contributed by atoms with Crippen LogP contribution in [0.2, 0.25) is 0 Å². The SMILES string of the molecule is N#Cc1ccc(S(=O)(=O)Cl)c(C=O)c1F. The van der Waals surface area contributed by atoms with Crippen molar-refractivity contribution >= 4 is 26.0 Å². The van der Waals surface area contributed by atoms with Gasteiger partial charge in [0, 0.05) is 10.7 Å². The van der Waals surface area contributed by atoms with Crippen LogP contribution in [0, 0.1) is 17.1 Å². The molecule has 0 radical (unpaired) electrons. The molecule has 0 aliphatic carbocycles. The molecule has 78 valence electrons. The monoisotopic (exact) mass is 247 g/mol. The molecule has 0 fully saturated rings. The molecular weight excluding hydrogens is 245 g/mol. The Labute approximate surface area is 89.3 Å². The van der Waals surface area contributed by atoms with Crippen LogP contribution in [-0.4, -0.2) is 14.7 Å². The molecule has 0 unspecified atom stereocenters. The third-order valence-electron chi connectivity index (χ3n) is 1.64. The number of aldehydes is 1. The summed E-state index contributed by atoms with van der Waals surface area (Å²) in [6, 6.07) is 3.33. The zero-order chi connectivity index (χ0) is 11.6. The minimum atomic E-state index is -4.20. The molecule has 0 saturated heterocycles. The van der Waals surface area contributed by atoms with E-state index >= 15 is 0 Å². The molecule has 0 bridgehead atoms. The number of nitriles is 1. The Bertz CT molecular complexity index is 562.